The summed E-state index contributed by atoms with van der Waals surface area (Å²) in [6.45, 7) is 7.49. The molecule has 1 fully saturated rings. The zero-order chi connectivity index (χ0) is 22.8. The molecule has 0 amide bonds. The highest BCUT2D eigenvalue weighted by molar-refractivity contribution is 5.76. The Morgan fingerprint density at radius 1 is 1.03 bits per heavy atom. The summed E-state index contributed by atoms with van der Waals surface area (Å²) in [5, 5.41) is 8.13. The Morgan fingerprint density at radius 3 is 2.48 bits per heavy atom. The van der Waals surface area contributed by atoms with Crippen molar-refractivity contribution in [1.82, 2.24) is 24.6 Å². The van der Waals surface area contributed by atoms with E-state index in [2.05, 4.69) is 57.3 Å². The van der Waals surface area contributed by atoms with Crippen molar-refractivity contribution < 1.29 is 4.74 Å². The summed E-state index contributed by atoms with van der Waals surface area (Å²) in [5.41, 5.74) is 3.59. The Morgan fingerprint density at radius 2 is 1.73 bits per heavy atom. The smallest absolute Gasteiger partial charge is 0.263 e. The van der Waals surface area contributed by atoms with Crippen LogP contribution in [0.15, 0.2) is 65.6 Å². The quantitative estimate of drug-likeness (QED) is 0.474. The molecule has 170 valence electrons. The minimum Gasteiger partial charge on any atom is -0.373 e. The molecular formula is C25H28N6O2. The Bertz CT molecular complexity index is 1290. The van der Waals surface area contributed by atoms with Gasteiger partial charge in [-0.1, -0.05) is 42.5 Å². The fourth-order valence-corrected chi connectivity index (χ4v) is 4.48. The molecule has 1 aliphatic heterocycles. The first-order valence-electron chi connectivity index (χ1n) is 11.3. The second-order valence-electron chi connectivity index (χ2n) is 8.62. The third-order valence-electron chi connectivity index (χ3n) is 5.89. The van der Waals surface area contributed by atoms with Crippen molar-refractivity contribution in [2.24, 2.45) is 0 Å². The van der Waals surface area contributed by atoms with Crippen molar-refractivity contribution in [3.8, 4) is 5.69 Å². The molecule has 2 aromatic heterocycles. The minimum absolute atomic E-state index is 0.214. The average Bonchev–Trinajstić information content (AvgIpc) is 3.23. The van der Waals surface area contributed by atoms with Crippen LogP contribution in [0.2, 0.25) is 0 Å². The molecule has 0 bridgehead atoms. The van der Waals surface area contributed by atoms with E-state index >= 15 is 0 Å². The number of nitrogens with zero attached hydrogens (tertiary/aromatic N) is 4. The number of morpholine rings is 1. The molecule has 2 aromatic carbocycles. The molecular weight excluding hydrogens is 416 g/mol. The first-order chi connectivity index (χ1) is 16.1. The second-order valence-corrected chi connectivity index (χ2v) is 8.62. The summed E-state index contributed by atoms with van der Waals surface area (Å²) in [7, 11) is 0. The summed E-state index contributed by atoms with van der Waals surface area (Å²) >= 11 is 0. The molecule has 1 saturated heterocycles. The Hall–Kier alpha value is -3.49. The van der Waals surface area contributed by atoms with Crippen LogP contribution in [0.25, 0.3) is 16.7 Å². The van der Waals surface area contributed by atoms with E-state index in [1.807, 2.05) is 36.4 Å². The summed E-state index contributed by atoms with van der Waals surface area (Å²) in [4.78, 5) is 22.6. The highest BCUT2D eigenvalue weighted by Crippen LogP contribution is 2.19. The lowest BCUT2D eigenvalue weighted by Gasteiger charge is -2.35. The summed E-state index contributed by atoms with van der Waals surface area (Å²) < 4.78 is 7.55. The molecule has 0 spiro atoms. The predicted molar refractivity (Wildman–Crippen MR) is 129 cm³/mol. The topological polar surface area (TPSA) is 88.1 Å². The third-order valence-corrected chi connectivity index (χ3v) is 5.89. The zero-order valence-corrected chi connectivity index (χ0v) is 18.9. The van der Waals surface area contributed by atoms with Gasteiger partial charge in [0.15, 0.2) is 5.65 Å². The third kappa shape index (κ3) is 4.67. The molecule has 5 rings (SSSR count). The van der Waals surface area contributed by atoms with E-state index in [-0.39, 0.29) is 17.8 Å². The van der Waals surface area contributed by atoms with Gasteiger partial charge in [-0.3, -0.25) is 14.7 Å². The van der Waals surface area contributed by atoms with E-state index in [0.717, 1.165) is 25.3 Å². The van der Waals surface area contributed by atoms with Gasteiger partial charge in [0.25, 0.3) is 5.56 Å². The number of para-hydroxylation sites is 1. The maximum Gasteiger partial charge on any atom is 0.263 e. The fourth-order valence-electron chi connectivity index (χ4n) is 4.48. The number of H-pyrrole nitrogens is 1. The lowest BCUT2D eigenvalue weighted by Crippen LogP contribution is -2.44. The number of nitrogens with one attached hydrogen (secondary N) is 2. The number of fused-ring (bicyclic) bond motifs is 1. The van der Waals surface area contributed by atoms with Gasteiger partial charge in [-0.25, -0.2) is 4.68 Å². The van der Waals surface area contributed by atoms with Gasteiger partial charge in [-0.05, 0) is 37.1 Å². The van der Waals surface area contributed by atoms with E-state index in [0.29, 0.717) is 23.5 Å². The number of aromatic amines is 1. The number of hydrogen-bond donors (Lipinski definition) is 2. The van der Waals surface area contributed by atoms with Crippen molar-refractivity contribution in [1.29, 1.82) is 0 Å². The molecule has 3 heterocycles. The Balaban J connectivity index is 1.37. The standard InChI is InChI=1S/C25H28N6O2/c1-17-14-30(15-18(2)33-17)16-20-9-7-6-8-19(20)12-26-25-28-23-22(24(32)29-25)13-27-31(23)21-10-4-3-5-11-21/h3-11,13,17-18H,12,14-16H2,1-2H3,(H2,26,28,29,32). The van der Waals surface area contributed by atoms with Crippen LogP contribution in [0.1, 0.15) is 25.0 Å². The highest BCUT2D eigenvalue weighted by atomic mass is 16.5. The van der Waals surface area contributed by atoms with Gasteiger partial charge in [0.05, 0.1) is 24.1 Å². The van der Waals surface area contributed by atoms with Gasteiger partial charge >= 0.3 is 0 Å². The van der Waals surface area contributed by atoms with Crippen LogP contribution in [0.4, 0.5) is 5.95 Å². The second kappa shape index (κ2) is 9.17. The first kappa shape index (κ1) is 21.4. The Kier molecular flexibility index (Phi) is 5.93. The van der Waals surface area contributed by atoms with Crippen LogP contribution < -0.4 is 10.9 Å². The lowest BCUT2D eigenvalue weighted by atomic mass is 10.1. The van der Waals surface area contributed by atoms with E-state index < -0.39 is 0 Å². The molecule has 0 saturated carbocycles. The highest BCUT2D eigenvalue weighted by Gasteiger charge is 2.22. The maximum absolute atomic E-state index is 12.6. The van der Waals surface area contributed by atoms with Gasteiger partial charge in [0, 0.05) is 26.2 Å². The van der Waals surface area contributed by atoms with Gasteiger partial charge < -0.3 is 10.1 Å². The van der Waals surface area contributed by atoms with Crippen LogP contribution in [0.5, 0.6) is 0 Å². The van der Waals surface area contributed by atoms with Gasteiger partial charge in [-0.2, -0.15) is 10.1 Å². The van der Waals surface area contributed by atoms with Crippen molar-refractivity contribution >= 4 is 17.0 Å². The normalized spacial score (nSPS) is 19.1. The van der Waals surface area contributed by atoms with Crippen LogP contribution in [-0.2, 0) is 17.8 Å². The number of rotatable bonds is 6. The van der Waals surface area contributed by atoms with E-state index in [1.54, 1.807) is 10.9 Å². The van der Waals surface area contributed by atoms with Crippen LogP contribution in [0, 0.1) is 0 Å². The predicted octanol–water partition coefficient (Wildman–Crippen LogP) is 3.33. The number of aromatic nitrogens is 4. The SMILES string of the molecule is CC1CN(Cc2ccccc2CNc2nc3c(cnn3-c3ccccc3)c(=O)[nH]2)CC(C)O1. The Labute approximate surface area is 192 Å². The molecule has 2 N–H and O–H groups in total. The monoisotopic (exact) mass is 444 g/mol. The maximum atomic E-state index is 12.6. The number of benzene rings is 2. The molecule has 2 atom stereocenters. The summed E-state index contributed by atoms with van der Waals surface area (Å²) in [5.74, 6) is 0.425. The first-order valence-corrected chi connectivity index (χ1v) is 11.3. The minimum atomic E-state index is -0.214. The van der Waals surface area contributed by atoms with Crippen molar-refractivity contribution in [3.63, 3.8) is 0 Å². The van der Waals surface area contributed by atoms with Crippen LogP contribution in [-0.4, -0.2) is 49.9 Å². The van der Waals surface area contributed by atoms with Crippen molar-refractivity contribution in [3.05, 3.63) is 82.3 Å². The molecule has 2 unspecified atom stereocenters. The molecule has 1 aliphatic rings. The van der Waals surface area contributed by atoms with Crippen LogP contribution in [0.3, 0.4) is 0 Å². The average molecular weight is 445 g/mol. The molecule has 33 heavy (non-hydrogen) atoms. The van der Waals surface area contributed by atoms with E-state index in [1.165, 1.54) is 11.1 Å². The molecule has 4 aromatic rings. The zero-order valence-electron chi connectivity index (χ0n) is 18.9. The van der Waals surface area contributed by atoms with Crippen molar-refractivity contribution in [2.75, 3.05) is 18.4 Å². The molecule has 0 aliphatic carbocycles. The summed E-state index contributed by atoms with van der Waals surface area (Å²) in [6, 6.07) is 18.1. The van der Waals surface area contributed by atoms with Gasteiger partial charge in [-0.15, -0.1) is 0 Å². The number of anilines is 1. The van der Waals surface area contributed by atoms with Crippen LogP contribution >= 0.6 is 0 Å². The van der Waals surface area contributed by atoms with Gasteiger partial charge in [0.1, 0.15) is 5.39 Å². The molecule has 8 heteroatoms. The van der Waals surface area contributed by atoms with Crippen molar-refractivity contribution in [2.45, 2.75) is 39.1 Å². The number of hydrogen-bond acceptors (Lipinski definition) is 6. The lowest BCUT2D eigenvalue weighted by molar-refractivity contribution is -0.0705. The van der Waals surface area contributed by atoms with Gasteiger partial charge in [0.2, 0.25) is 5.95 Å². The molecule has 8 nitrogen and oxygen atoms in total. The summed E-state index contributed by atoms with van der Waals surface area (Å²) in [6.07, 6.45) is 2.02. The number of ether oxygens (including phenoxy) is 1. The van der Waals surface area contributed by atoms with E-state index in [9.17, 15) is 4.79 Å². The largest absolute Gasteiger partial charge is 0.373 e. The van der Waals surface area contributed by atoms with E-state index in [4.69, 9.17) is 4.74 Å². The fraction of sp³-hybridized carbons (Fsp3) is 0.320. The molecule has 0 radical (unpaired) electrons.